The Balaban J connectivity index is 1.48. The minimum atomic E-state index is 0.0768. The Kier molecular flexibility index (Phi) is 7.71. The fourth-order valence-electron chi connectivity index (χ4n) is 4.13. The summed E-state index contributed by atoms with van der Waals surface area (Å²) >= 11 is 0. The molecule has 0 saturated carbocycles. The van der Waals surface area contributed by atoms with Crippen LogP contribution in [0.4, 0.5) is 0 Å². The van der Waals surface area contributed by atoms with Crippen molar-refractivity contribution in [2.24, 2.45) is 5.92 Å². The van der Waals surface area contributed by atoms with Crippen LogP contribution in [0.15, 0.2) is 0 Å². The monoisotopic (exact) mass is 309 g/mol. The molecule has 0 N–H and O–H groups in total. The number of ether oxygens (including phenoxy) is 1. The fraction of sp³-hybridized carbons (Fsp3) is 0.947. The van der Waals surface area contributed by atoms with Crippen molar-refractivity contribution in [2.75, 3.05) is 13.7 Å². The molecule has 0 aromatic carbocycles. The molecule has 2 fully saturated rings. The van der Waals surface area contributed by atoms with Crippen molar-refractivity contribution in [3.8, 4) is 0 Å². The van der Waals surface area contributed by atoms with Gasteiger partial charge in [0.05, 0.1) is 12.5 Å². The molecule has 0 aliphatic carbocycles. The van der Waals surface area contributed by atoms with Gasteiger partial charge in [0.2, 0.25) is 0 Å². The van der Waals surface area contributed by atoms with Gasteiger partial charge in [-0.1, -0.05) is 51.9 Å². The molecule has 0 aromatic rings. The molecule has 2 aliphatic rings. The predicted octanol–water partition coefficient (Wildman–Crippen LogP) is 4.54. The largest absolute Gasteiger partial charge is 0.465 e. The Morgan fingerprint density at radius 1 is 0.955 bits per heavy atom. The lowest BCUT2D eigenvalue weighted by molar-refractivity contribution is -0.151. The molecule has 0 amide bonds. The van der Waals surface area contributed by atoms with Crippen LogP contribution in [-0.2, 0) is 9.53 Å². The average molecular weight is 309 g/mol. The second-order valence-electron chi connectivity index (χ2n) is 7.36. The van der Waals surface area contributed by atoms with Crippen molar-refractivity contribution in [3.05, 3.63) is 0 Å². The number of carbonyl (C=O) groups is 1. The van der Waals surface area contributed by atoms with Gasteiger partial charge in [-0.05, 0) is 39.2 Å². The second kappa shape index (κ2) is 9.54. The number of nitrogens with zero attached hydrogens (tertiary/aromatic N) is 1. The van der Waals surface area contributed by atoms with Gasteiger partial charge in [0, 0.05) is 12.1 Å². The van der Waals surface area contributed by atoms with E-state index in [-0.39, 0.29) is 11.9 Å². The van der Waals surface area contributed by atoms with Crippen LogP contribution >= 0.6 is 0 Å². The van der Waals surface area contributed by atoms with Gasteiger partial charge >= 0.3 is 5.97 Å². The molecule has 0 radical (unpaired) electrons. The van der Waals surface area contributed by atoms with Crippen molar-refractivity contribution in [3.63, 3.8) is 0 Å². The number of hydrogen-bond acceptors (Lipinski definition) is 3. The molecule has 2 heterocycles. The first kappa shape index (κ1) is 17.8. The van der Waals surface area contributed by atoms with Crippen molar-refractivity contribution in [1.29, 1.82) is 0 Å². The van der Waals surface area contributed by atoms with Crippen molar-refractivity contribution >= 4 is 5.97 Å². The molecule has 3 nitrogen and oxygen atoms in total. The first-order valence-corrected chi connectivity index (χ1v) is 9.61. The normalized spacial score (nSPS) is 28.0. The molecule has 22 heavy (non-hydrogen) atoms. The molecule has 2 aliphatic heterocycles. The van der Waals surface area contributed by atoms with Gasteiger partial charge in [-0.15, -0.1) is 0 Å². The third-order valence-corrected chi connectivity index (χ3v) is 5.67. The standard InChI is InChI=1S/C19H35NO2/c1-3-4-5-6-7-8-9-10-13-22-19(21)16-14-17-11-12-18(15-16)20(17)2/h16-18H,3-15H2,1-2H3/t16?,17-,18+. The quantitative estimate of drug-likeness (QED) is 0.438. The lowest BCUT2D eigenvalue weighted by atomic mass is 9.91. The predicted molar refractivity (Wildman–Crippen MR) is 90.9 cm³/mol. The summed E-state index contributed by atoms with van der Waals surface area (Å²) in [6.07, 6.45) is 14.9. The van der Waals surface area contributed by atoms with Gasteiger partial charge in [-0.25, -0.2) is 0 Å². The molecule has 2 rings (SSSR count). The minimum Gasteiger partial charge on any atom is -0.465 e. The van der Waals surface area contributed by atoms with E-state index in [1.807, 2.05) is 0 Å². The Morgan fingerprint density at radius 3 is 2.09 bits per heavy atom. The Hall–Kier alpha value is -0.570. The first-order chi connectivity index (χ1) is 10.7. The number of rotatable bonds is 10. The molecule has 0 aromatic heterocycles. The van der Waals surface area contributed by atoms with Crippen LogP contribution in [0.25, 0.3) is 0 Å². The van der Waals surface area contributed by atoms with Crippen molar-refractivity contribution < 1.29 is 9.53 Å². The number of unbranched alkanes of at least 4 members (excludes halogenated alkanes) is 7. The molecule has 3 heteroatoms. The number of fused-ring (bicyclic) bond motifs is 2. The van der Waals surface area contributed by atoms with Crippen molar-refractivity contribution in [1.82, 2.24) is 4.90 Å². The Labute approximate surface area is 136 Å². The summed E-state index contributed by atoms with van der Waals surface area (Å²) in [5.74, 6) is 0.246. The summed E-state index contributed by atoms with van der Waals surface area (Å²) in [5, 5.41) is 0. The summed E-state index contributed by atoms with van der Waals surface area (Å²) in [6.45, 7) is 2.89. The molecular formula is C19H35NO2. The van der Waals surface area contributed by atoms with E-state index in [2.05, 4.69) is 18.9 Å². The van der Waals surface area contributed by atoms with Gasteiger partial charge in [-0.2, -0.15) is 0 Å². The summed E-state index contributed by atoms with van der Waals surface area (Å²) < 4.78 is 5.53. The van der Waals surface area contributed by atoms with Crippen LogP contribution in [0, 0.1) is 5.92 Å². The molecule has 128 valence electrons. The topological polar surface area (TPSA) is 29.5 Å². The molecule has 1 unspecified atom stereocenters. The highest BCUT2D eigenvalue weighted by molar-refractivity contribution is 5.72. The maximum absolute atomic E-state index is 12.2. The van der Waals surface area contributed by atoms with Gasteiger partial charge in [0.15, 0.2) is 0 Å². The second-order valence-corrected chi connectivity index (χ2v) is 7.36. The zero-order valence-electron chi connectivity index (χ0n) is 14.7. The average Bonchev–Trinajstić information content (AvgIpc) is 2.75. The maximum Gasteiger partial charge on any atom is 0.309 e. The van der Waals surface area contributed by atoms with E-state index in [1.54, 1.807) is 0 Å². The highest BCUT2D eigenvalue weighted by atomic mass is 16.5. The molecule has 2 bridgehead atoms. The van der Waals surface area contributed by atoms with Crippen LogP contribution in [-0.4, -0.2) is 36.6 Å². The molecule has 2 saturated heterocycles. The number of esters is 1. The third kappa shape index (κ3) is 5.26. The van der Waals surface area contributed by atoms with Gasteiger partial charge in [-0.3, -0.25) is 4.79 Å². The number of hydrogen-bond donors (Lipinski definition) is 0. The van der Waals surface area contributed by atoms with E-state index in [9.17, 15) is 4.79 Å². The summed E-state index contributed by atoms with van der Waals surface area (Å²) in [7, 11) is 2.21. The lowest BCUT2D eigenvalue weighted by Crippen LogP contribution is -2.42. The molecule has 3 atom stereocenters. The minimum absolute atomic E-state index is 0.0768. The van der Waals surface area contributed by atoms with E-state index < -0.39 is 0 Å². The van der Waals surface area contributed by atoms with Crippen molar-refractivity contribution in [2.45, 2.75) is 96.1 Å². The van der Waals surface area contributed by atoms with Crippen LogP contribution in [0.5, 0.6) is 0 Å². The lowest BCUT2D eigenvalue weighted by Gasteiger charge is -2.35. The number of carbonyl (C=O) groups excluding carboxylic acids is 1. The van der Waals surface area contributed by atoms with Crippen LogP contribution in [0.1, 0.15) is 84.0 Å². The Bertz CT molecular complexity index is 317. The van der Waals surface area contributed by atoms with Crippen LogP contribution in [0.2, 0.25) is 0 Å². The fourth-order valence-corrected chi connectivity index (χ4v) is 4.13. The molecular weight excluding hydrogens is 274 g/mol. The third-order valence-electron chi connectivity index (χ3n) is 5.67. The summed E-state index contributed by atoms with van der Waals surface area (Å²) in [5.41, 5.74) is 0. The van der Waals surface area contributed by atoms with E-state index in [1.165, 1.54) is 57.8 Å². The van der Waals surface area contributed by atoms with E-state index in [0.717, 1.165) is 19.3 Å². The zero-order valence-corrected chi connectivity index (χ0v) is 14.7. The highest BCUT2D eigenvalue weighted by Gasteiger charge is 2.41. The number of piperidine rings is 1. The Morgan fingerprint density at radius 2 is 1.50 bits per heavy atom. The van der Waals surface area contributed by atoms with Gasteiger partial charge in [0.1, 0.15) is 0 Å². The first-order valence-electron chi connectivity index (χ1n) is 9.61. The SMILES string of the molecule is CCCCCCCCCCOC(=O)C1C[C@H]2CC[C@@H](C1)N2C. The maximum atomic E-state index is 12.2. The van der Waals surface area contributed by atoms with E-state index in [0.29, 0.717) is 18.7 Å². The van der Waals surface area contributed by atoms with E-state index in [4.69, 9.17) is 4.74 Å². The highest BCUT2D eigenvalue weighted by Crippen LogP contribution is 2.37. The van der Waals surface area contributed by atoms with Crippen LogP contribution < -0.4 is 0 Å². The summed E-state index contributed by atoms with van der Waals surface area (Å²) in [6, 6.07) is 1.25. The molecule has 0 spiro atoms. The zero-order chi connectivity index (χ0) is 15.8. The smallest absolute Gasteiger partial charge is 0.309 e. The van der Waals surface area contributed by atoms with E-state index >= 15 is 0 Å². The van der Waals surface area contributed by atoms with Crippen LogP contribution in [0.3, 0.4) is 0 Å². The summed E-state index contributed by atoms with van der Waals surface area (Å²) in [4.78, 5) is 14.7. The van der Waals surface area contributed by atoms with Gasteiger partial charge in [0.25, 0.3) is 0 Å². The van der Waals surface area contributed by atoms with Gasteiger partial charge < -0.3 is 9.64 Å².